The Morgan fingerprint density at radius 1 is 1.37 bits per heavy atom. The fourth-order valence-corrected chi connectivity index (χ4v) is 2.51. The van der Waals surface area contributed by atoms with Gasteiger partial charge in [0, 0.05) is 19.0 Å². The Morgan fingerprint density at radius 3 is 2.79 bits per heavy atom. The second-order valence-corrected chi connectivity index (χ2v) is 4.87. The van der Waals surface area contributed by atoms with Gasteiger partial charge >= 0.3 is 0 Å². The average molecular weight is 263 g/mol. The third kappa shape index (κ3) is 2.70. The summed E-state index contributed by atoms with van der Waals surface area (Å²) >= 11 is 0. The molecule has 1 aliphatic rings. The minimum absolute atomic E-state index is 0.0461. The van der Waals surface area contributed by atoms with E-state index < -0.39 is 5.75 Å². The number of carbonyl (C=O) groups is 2. The summed E-state index contributed by atoms with van der Waals surface area (Å²) in [5.41, 5.74) is 0.0791. The molecule has 1 fully saturated rings. The largest absolute Gasteiger partial charge is 0.504 e. The molecule has 5 heteroatoms. The van der Waals surface area contributed by atoms with Gasteiger partial charge in [0.1, 0.15) is 5.78 Å². The van der Waals surface area contributed by atoms with E-state index in [9.17, 15) is 19.8 Å². The second-order valence-electron chi connectivity index (χ2n) is 4.87. The van der Waals surface area contributed by atoms with Gasteiger partial charge < -0.3 is 15.1 Å². The van der Waals surface area contributed by atoms with E-state index in [1.807, 2.05) is 0 Å². The van der Waals surface area contributed by atoms with Crippen molar-refractivity contribution in [1.82, 2.24) is 4.90 Å². The Morgan fingerprint density at radius 2 is 2.11 bits per heavy atom. The van der Waals surface area contributed by atoms with Crippen LogP contribution in [0.3, 0.4) is 0 Å². The van der Waals surface area contributed by atoms with Gasteiger partial charge in [-0.25, -0.2) is 0 Å². The number of phenolic OH excluding ortho intramolecular Hbond substituents is 2. The highest BCUT2D eigenvalue weighted by atomic mass is 16.3. The maximum Gasteiger partial charge on any atom is 0.258 e. The van der Waals surface area contributed by atoms with Crippen molar-refractivity contribution in [2.45, 2.75) is 32.2 Å². The minimum Gasteiger partial charge on any atom is -0.504 e. The lowest BCUT2D eigenvalue weighted by molar-refractivity contribution is -0.117. The fourth-order valence-electron chi connectivity index (χ4n) is 2.51. The van der Waals surface area contributed by atoms with Gasteiger partial charge in [0.15, 0.2) is 11.5 Å². The normalized spacial score (nSPS) is 18.6. The lowest BCUT2D eigenvalue weighted by atomic mass is 10.1. The molecule has 19 heavy (non-hydrogen) atoms. The molecule has 0 saturated carbocycles. The van der Waals surface area contributed by atoms with E-state index in [0.29, 0.717) is 13.0 Å². The molecule has 1 aromatic rings. The minimum atomic E-state index is -0.402. The van der Waals surface area contributed by atoms with Gasteiger partial charge in [-0.1, -0.05) is 6.07 Å². The molecule has 5 nitrogen and oxygen atoms in total. The van der Waals surface area contributed by atoms with E-state index in [2.05, 4.69) is 0 Å². The van der Waals surface area contributed by atoms with Gasteiger partial charge in [-0.05, 0) is 31.9 Å². The maximum absolute atomic E-state index is 12.4. The molecule has 1 heterocycles. The van der Waals surface area contributed by atoms with Crippen LogP contribution in [0.4, 0.5) is 0 Å². The molecule has 2 rings (SSSR count). The third-order valence-electron chi connectivity index (χ3n) is 3.41. The molecule has 0 bridgehead atoms. The van der Waals surface area contributed by atoms with Crippen molar-refractivity contribution in [2.75, 3.05) is 6.54 Å². The number of nitrogens with zero attached hydrogens (tertiary/aromatic N) is 1. The smallest absolute Gasteiger partial charge is 0.258 e. The number of rotatable bonds is 3. The van der Waals surface area contributed by atoms with Gasteiger partial charge in [-0.2, -0.15) is 0 Å². The Labute approximate surface area is 111 Å². The predicted octanol–water partition coefficient (Wildman–Crippen LogP) is 1.68. The quantitative estimate of drug-likeness (QED) is 0.813. The number of Topliss-reactive ketones (excluding diaryl/α,β-unsaturated/α-hetero) is 1. The average Bonchev–Trinajstić information content (AvgIpc) is 2.79. The number of hydrogen-bond acceptors (Lipinski definition) is 4. The number of aromatic hydroxyl groups is 2. The van der Waals surface area contributed by atoms with Crippen molar-refractivity contribution in [3.8, 4) is 11.5 Å². The van der Waals surface area contributed by atoms with Crippen LogP contribution in [0.5, 0.6) is 11.5 Å². The summed E-state index contributed by atoms with van der Waals surface area (Å²) in [7, 11) is 0. The van der Waals surface area contributed by atoms with Crippen LogP contribution >= 0.6 is 0 Å². The first-order chi connectivity index (χ1) is 9.00. The third-order valence-corrected chi connectivity index (χ3v) is 3.41. The molecule has 0 spiro atoms. The molecule has 0 radical (unpaired) electrons. The van der Waals surface area contributed by atoms with E-state index in [1.165, 1.54) is 25.1 Å². The molecule has 1 atom stereocenters. The van der Waals surface area contributed by atoms with Crippen molar-refractivity contribution < 1.29 is 19.8 Å². The Hall–Kier alpha value is -2.04. The number of ketones is 1. The van der Waals surface area contributed by atoms with Gasteiger partial charge in [0.05, 0.1) is 5.56 Å². The number of benzene rings is 1. The first-order valence-corrected chi connectivity index (χ1v) is 6.32. The molecular weight excluding hydrogens is 246 g/mol. The van der Waals surface area contributed by atoms with E-state index in [1.54, 1.807) is 4.90 Å². The van der Waals surface area contributed by atoms with Crippen LogP contribution in [0.2, 0.25) is 0 Å². The zero-order valence-corrected chi connectivity index (χ0v) is 10.8. The van der Waals surface area contributed by atoms with Crippen LogP contribution in [0.25, 0.3) is 0 Å². The van der Waals surface area contributed by atoms with Crippen LogP contribution < -0.4 is 0 Å². The Kier molecular flexibility index (Phi) is 3.74. The highest BCUT2D eigenvalue weighted by molar-refractivity contribution is 5.98. The summed E-state index contributed by atoms with van der Waals surface area (Å²) in [6.45, 7) is 2.08. The van der Waals surface area contributed by atoms with E-state index in [4.69, 9.17) is 0 Å². The van der Waals surface area contributed by atoms with Crippen LogP contribution in [-0.2, 0) is 4.79 Å². The summed E-state index contributed by atoms with van der Waals surface area (Å²) in [6.07, 6.45) is 1.99. The van der Waals surface area contributed by atoms with Crippen molar-refractivity contribution in [1.29, 1.82) is 0 Å². The van der Waals surface area contributed by atoms with E-state index >= 15 is 0 Å². The van der Waals surface area contributed by atoms with Gasteiger partial charge in [-0.3, -0.25) is 9.59 Å². The molecule has 1 amide bonds. The lowest BCUT2D eigenvalue weighted by Crippen LogP contribution is -2.36. The fraction of sp³-hybridized carbons (Fsp3) is 0.429. The number of carbonyl (C=O) groups excluding carboxylic acids is 2. The monoisotopic (exact) mass is 263 g/mol. The first-order valence-electron chi connectivity index (χ1n) is 6.32. The van der Waals surface area contributed by atoms with Crippen molar-refractivity contribution >= 4 is 11.7 Å². The van der Waals surface area contributed by atoms with Crippen LogP contribution in [0.1, 0.15) is 36.5 Å². The molecule has 1 unspecified atom stereocenters. The van der Waals surface area contributed by atoms with Crippen molar-refractivity contribution in [3.63, 3.8) is 0 Å². The van der Waals surface area contributed by atoms with E-state index in [-0.39, 0.29) is 29.0 Å². The summed E-state index contributed by atoms with van der Waals surface area (Å²) in [4.78, 5) is 25.2. The molecule has 0 aliphatic carbocycles. The molecule has 2 N–H and O–H groups in total. The summed E-state index contributed by atoms with van der Waals surface area (Å²) in [5, 5.41) is 19.2. The predicted molar refractivity (Wildman–Crippen MR) is 69.1 cm³/mol. The van der Waals surface area contributed by atoms with Crippen molar-refractivity contribution in [3.05, 3.63) is 23.8 Å². The molecular formula is C14H17NO4. The molecule has 1 saturated heterocycles. The summed E-state index contributed by atoms with van der Waals surface area (Å²) in [5.74, 6) is -1.00. The number of likely N-dealkylation sites (tertiary alicyclic amines) is 1. The Balaban J connectivity index is 2.23. The zero-order valence-electron chi connectivity index (χ0n) is 10.8. The number of amides is 1. The second kappa shape index (κ2) is 5.30. The van der Waals surface area contributed by atoms with Crippen LogP contribution in [-0.4, -0.2) is 39.4 Å². The standard InChI is InChI=1S/C14H17NO4/c1-9(16)8-10-4-3-7-15(10)14(19)11-5-2-6-12(17)13(11)18/h2,5-6,10,17-18H,3-4,7-8H2,1H3. The molecule has 1 aliphatic heterocycles. The summed E-state index contributed by atoms with van der Waals surface area (Å²) < 4.78 is 0. The number of hydrogen-bond donors (Lipinski definition) is 2. The van der Waals surface area contributed by atoms with Gasteiger partial charge in [0.25, 0.3) is 5.91 Å². The number of para-hydroxylation sites is 1. The van der Waals surface area contributed by atoms with Gasteiger partial charge in [0.2, 0.25) is 0 Å². The topological polar surface area (TPSA) is 77.8 Å². The van der Waals surface area contributed by atoms with Crippen LogP contribution in [0.15, 0.2) is 18.2 Å². The highest BCUT2D eigenvalue weighted by Gasteiger charge is 2.31. The van der Waals surface area contributed by atoms with Crippen LogP contribution in [0, 0.1) is 0 Å². The van der Waals surface area contributed by atoms with E-state index in [0.717, 1.165) is 12.8 Å². The number of phenols is 2. The zero-order chi connectivity index (χ0) is 14.0. The van der Waals surface area contributed by atoms with Gasteiger partial charge in [-0.15, -0.1) is 0 Å². The Bertz CT molecular complexity index is 512. The first kappa shape index (κ1) is 13.4. The molecule has 102 valence electrons. The van der Waals surface area contributed by atoms with Crippen molar-refractivity contribution in [2.24, 2.45) is 0 Å². The lowest BCUT2D eigenvalue weighted by Gasteiger charge is -2.24. The maximum atomic E-state index is 12.4. The molecule has 1 aromatic carbocycles. The summed E-state index contributed by atoms with van der Waals surface area (Å²) in [6, 6.07) is 4.20. The SMILES string of the molecule is CC(=O)CC1CCCN1C(=O)c1cccc(O)c1O. The molecule has 0 aromatic heterocycles. The highest BCUT2D eigenvalue weighted by Crippen LogP contribution is 2.31.